The highest BCUT2D eigenvalue weighted by atomic mass is 19.1. The number of Topliss-reactive ketones (excluding diaryl/α,β-unsaturated/α-hetero) is 1. The fourth-order valence-electron chi connectivity index (χ4n) is 3.08. The maximum atomic E-state index is 15.0. The van der Waals surface area contributed by atoms with E-state index in [2.05, 4.69) is 6.08 Å². The highest BCUT2D eigenvalue weighted by Crippen LogP contribution is 2.34. The molecular weight excluding hydrogens is 359 g/mol. The van der Waals surface area contributed by atoms with Crippen molar-refractivity contribution in [1.82, 2.24) is 0 Å². The van der Waals surface area contributed by atoms with E-state index in [1.807, 2.05) is 33.8 Å². The molecule has 0 spiro atoms. The molecule has 5 heteroatoms. The van der Waals surface area contributed by atoms with E-state index in [0.717, 1.165) is 31.3 Å². The van der Waals surface area contributed by atoms with Crippen LogP contribution in [0, 0.1) is 0 Å². The number of halogens is 1. The van der Waals surface area contributed by atoms with Crippen LogP contribution in [0.15, 0.2) is 46.0 Å². The van der Waals surface area contributed by atoms with Crippen LogP contribution in [0.3, 0.4) is 0 Å². The highest BCUT2D eigenvalue weighted by molar-refractivity contribution is 6.08. The Kier molecular flexibility index (Phi) is 9.91. The van der Waals surface area contributed by atoms with Gasteiger partial charge in [0.1, 0.15) is 0 Å². The normalized spacial score (nSPS) is 17.9. The van der Waals surface area contributed by atoms with E-state index in [4.69, 9.17) is 4.74 Å². The van der Waals surface area contributed by atoms with Gasteiger partial charge in [-0.2, -0.15) is 0 Å². The minimum atomic E-state index is -1.33. The van der Waals surface area contributed by atoms with Crippen LogP contribution >= 0.6 is 0 Å². The number of hydrogen-bond donors (Lipinski definition) is 1. The number of unbranched alkanes of at least 4 members (excludes halogenated alkanes) is 2. The Balaban J connectivity index is 3.06. The van der Waals surface area contributed by atoms with Gasteiger partial charge in [0.15, 0.2) is 17.7 Å². The number of hydrogen-bond acceptors (Lipinski definition) is 4. The zero-order valence-corrected chi connectivity index (χ0v) is 17.7. The topological polar surface area (TPSA) is 63.6 Å². The first-order valence-corrected chi connectivity index (χ1v) is 10.00. The maximum absolute atomic E-state index is 15.0. The van der Waals surface area contributed by atoms with Gasteiger partial charge >= 0.3 is 5.97 Å². The molecule has 0 bridgehead atoms. The molecule has 156 valence electrons. The van der Waals surface area contributed by atoms with Gasteiger partial charge in [0.2, 0.25) is 5.78 Å². The summed E-state index contributed by atoms with van der Waals surface area (Å²) in [6, 6.07) is 0. The van der Waals surface area contributed by atoms with Gasteiger partial charge in [-0.1, -0.05) is 43.1 Å². The number of aliphatic hydroxyl groups excluding tert-OH is 1. The number of ether oxygens (including phenoxy) is 1. The lowest BCUT2D eigenvalue weighted by atomic mass is 9.88. The number of carbonyl (C=O) groups excluding carboxylic acids is 2. The molecule has 0 aromatic carbocycles. The summed E-state index contributed by atoms with van der Waals surface area (Å²) in [6.45, 7) is 9.22. The van der Waals surface area contributed by atoms with Crippen LogP contribution in [0.25, 0.3) is 0 Å². The number of esters is 1. The van der Waals surface area contributed by atoms with Gasteiger partial charge in [-0.3, -0.25) is 9.59 Å². The lowest BCUT2D eigenvalue weighted by Crippen LogP contribution is -2.30. The van der Waals surface area contributed by atoms with E-state index in [1.54, 1.807) is 0 Å². The van der Waals surface area contributed by atoms with Crippen LogP contribution < -0.4 is 0 Å². The van der Waals surface area contributed by atoms with Crippen molar-refractivity contribution in [2.24, 2.45) is 0 Å². The van der Waals surface area contributed by atoms with Crippen molar-refractivity contribution in [3.05, 3.63) is 46.0 Å². The molecule has 0 fully saturated rings. The largest absolute Gasteiger partial charge is 0.504 e. The molecule has 1 unspecified atom stereocenters. The molecule has 0 aliphatic heterocycles. The van der Waals surface area contributed by atoms with Crippen LogP contribution in [0.4, 0.5) is 4.39 Å². The summed E-state index contributed by atoms with van der Waals surface area (Å²) in [4.78, 5) is 24.0. The summed E-state index contributed by atoms with van der Waals surface area (Å²) >= 11 is 0. The van der Waals surface area contributed by atoms with Crippen molar-refractivity contribution in [1.29, 1.82) is 0 Å². The fraction of sp³-hybridized carbons (Fsp3) is 0.565. The molecule has 0 aromatic rings. The minimum Gasteiger partial charge on any atom is -0.504 e. The molecule has 0 aromatic heterocycles. The van der Waals surface area contributed by atoms with Crippen molar-refractivity contribution in [2.75, 3.05) is 0 Å². The van der Waals surface area contributed by atoms with Gasteiger partial charge in [0.05, 0.1) is 0 Å². The predicted octanol–water partition coefficient (Wildman–Crippen LogP) is 6.20. The average molecular weight is 393 g/mol. The second-order valence-electron chi connectivity index (χ2n) is 7.55. The average Bonchev–Trinajstić information content (AvgIpc) is 2.61. The van der Waals surface area contributed by atoms with Gasteiger partial charge in [0, 0.05) is 18.1 Å². The molecule has 0 heterocycles. The van der Waals surface area contributed by atoms with E-state index < -0.39 is 29.4 Å². The van der Waals surface area contributed by atoms with E-state index in [0.29, 0.717) is 6.42 Å². The van der Waals surface area contributed by atoms with Crippen LogP contribution in [0.1, 0.15) is 79.6 Å². The third-order valence-corrected chi connectivity index (χ3v) is 4.70. The van der Waals surface area contributed by atoms with Gasteiger partial charge in [0.25, 0.3) is 0 Å². The van der Waals surface area contributed by atoms with Crippen LogP contribution in [-0.4, -0.2) is 23.0 Å². The van der Waals surface area contributed by atoms with E-state index >= 15 is 0 Å². The van der Waals surface area contributed by atoms with Crippen molar-refractivity contribution < 1.29 is 23.8 Å². The number of ketones is 1. The molecule has 1 N–H and O–H groups in total. The van der Waals surface area contributed by atoms with Crippen LogP contribution in [-0.2, 0) is 14.3 Å². The Labute approximate surface area is 167 Å². The second kappa shape index (κ2) is 11.6. The van der Waals surface area contributed by atoms with Crippen molar-refractivity contribution in [3.8, 4) is 0 Å². The summed E-state index contributed by atoms with van der Waals surface area (Å²) < 4.78 is 20.1. The second-order valence-corrected chi connectivity index (χ2v) is 7.55. The number of aliphatic hydroxyl groups is 1. The molecule has 1 atom stereocenters. The van der Waals surface area contributed by atoms with E-state index in [1.165, 1.54) is 12.5 Å². The number of allylic oxidation sites excluding steroid dienone is 5. The lowest BCUT2D eigenvalue weighted by molar-refractivity contribution is -0.144. The Morgan fingerprint density at radius 3 is 2.43 bits per heavy atom. The molecule has 0 radical (unpaired) electrons. The standard InChI is InChI=1S/C23H33FO4/c1-6-7-8-12-18-20(24)23(28-17(5)25)19(22(27)21(18)26)14-13-16(4)11-9-10-15(2)3/h10,13,23,27H,6-9,11-12,14H2,1-5H3/b16-13+. The first kappa shape index (κ1) is 23.9. The summed E-state index contributed by atoms with van der Waals surface area (Å²) in [5.41, 5.74) is 2.33. The third kappa shape index (κ3) is 7.10. The Hall–Kier alpha value is -2.17. The molecule has 0 saturated heterocycles. The lowest BCUT2D eigenvalue weighted by Gasteiger charge is -2.25. The first-order valence-electron chi connectivity index (χ1n) is 10.00. The summed E-state index contributed by atoms with van der Waals surface area (Å²) in [6.07, 6.45) is 7.18. The molecule has 0 saturated carbocycles. The smallest absolute Gasteiger partial charge is 0.303 e. The monoisotopic (exact) mass is 392 g/mol. The van der Waals surface area contributed by atoms with Crippen LogP contribution in [0.2, 0.25) is 0 Å². The minimum absolute atomic E-state index is 0.0785. The van der Waals surface area contributed by atoms with Gasteiger partial charge < -0.3 is 9.84 Å². The predicted molar refractivity (Wildman–Crippen MR) is 110 cm³/mol. The summed E-state index contributed by atoms with van der Waals surface area (Å²) in [7, 11) is 0. The Morgan fingerprint density at radius 2 is 1.86 bits per heavy atom. The fourth-order valence-corrected chi connectivity index (χ4v) is 3.08. The highest BCUT2D eigenvalue weighted by Gasteiger charge is 2.37. The Bertz CT molecular complexity index is 706. The first-order chi connectivity index (χ1) is 13.2. The van der Waals surface area contributed by atoms with Gasteiger partial charge in [-0.15, -0.1) is 0 Å². The molecule has 1 aliphatic rings. The van der Waals surface area contributed by atoms with Gasteiger partial charge in [-0.25, -0.2) is 4.39 Å². The zero-order chi connectivity index (χ0) is 21.3. The van der Waals surface area contributed by atoms with Crippen LogP contribution in [0.5, 0.6) is 0 Å². The summed E-state index contributed by atoms with van der Waals surface area (Å²) in [5, 5.41) is 10.4. The van der Waals surface area contributed by atoms with Crippen molar-refractivity contribution >= 4 is 11.8 Å². The van der Waals surface area contributed by atoms with E-state index in [-0.39, 0.29) is 24.0 Å². The maximum Gasteiger partial charge on any atom is 0.303 e. The quantitative estimate of drug-likeness (QED) is 0.273. The third-order valence-electron chi connectivity index (χ3n) is 4.70. The van der Waals surface area contributed by atoms with Crippen molar-refractivity contribution in [2.45, 2.75) is 85.7 Å². The van der Waals surface area contributed by atoms with Gasteiger partial charge in [-0.05, 0) is 52.9 Å². The Morgan fingerprint density at radius 1 is 1.18 bits per heavy atom. The SMILES string of the molecule is CCCCCC1=C(F)C(OC(C)=O)C(C/C=C(\C)CCC=C(C)C)=C(O)C1=O. The summed E-state index contributed by atoms with van der Waals surface area (Å²) in [5.74, 6) is -2.59. The zero-order valence-electron chi connectivity index (χ0n) is 17.7. The molecule has 28 heavy (non-hydrogen) atoms. The number of carbonyl (C=O) groups is 2. The molecule has 1 rings (SSSR count). The molecule has 4 nitrogen and oxygen atoms in total. The van der Waals surface area contributed by atoms with Crippen molar-refractivity contribution in [3.63, 3.8) is 0 Å². The number of rotatable bonds is 10. The molecule has 0 amide bonds. The van der Waals surface area contributed by atoms with E-state index in [9.17, 15) is 19.1 Å². The molecule has 1 aliphatic carbocycles. The molecular formula is C23H33FO4.